The summed E-state index contributed by atoms with van der Waals surface area (Å²) in [7, 11) is 0. The molecule has 0 atom stereocenters. The SMILES string of the molecule is Cc1cc(C)cc(N=Nc2cc(OCCO)c(N=Nc3c(C)cc4ccc(N)cc4c3O)cc2OCCO)c1. The summed E-state index contributed by atoms with van der Waals surface area (Å²) in [5.41, 5.74) is 10.8. The number of phenols is 1. The lowest BCUT2D eigenvalue weighted by atomic mass is 10.0. The van der Waals surface area contributed by atoms with E-state index in [0.29, 0.717) is 33.8 Å². The standard InChI is InChI=1S/C29H31N5O5/c1-17-10-18(2)12-22(11-17)31-32-24-15-27(39-9-7-36)25(16-26(24)38-8-6-35)33-34-28-19(3)13-20-4-5-21(30)14-23(20)29(28)37/h4-5,10-16,35-37H,6-9,30H2,1-3H3. The molecule has 10 nitrogen and oxygen atoms in total. The van der Waals surface area contributed by atoms with Gasteiger partial charge in [0.05, 0.1) is 18.9 Å². The van der Waals surface area contributed by atoms with E-state index in [0.717, 1.165) is 16.5 Å². The van der Waals surface area contributed by atoms with Crippen LogP contribution in [0.25, 0.3) is 10.8 Å². The minimum atomic E-state index is -0.218. The van der Waals surface area contributed by atoms with E-state index in [2.05, 4.69) is 20.5 Å². The van der Waals surface area contributed by atoms with Crippen LogP contribution in [0.5, 0.6) is 17.2 Å². The van der Waals surface area contributed by atoms with Crippen molar-refractivity contribution in [3.8, 4) is 17.2 Å². The van der Waals surface area contributed by atoms with Crippen LogP contribution in [-0.4, -0.2) is 41.7 Å². The Hall–Kier alpha value is -4.54. The fraction of sp³-hybridized carbons (Fsp3) is 0.241. The monoisotopic (exact) mass is 529 g/mol. The van der Waals surface area contributed by atoms with Gasteiger partial charge in [-0.3, -0.25) is 0 Å². The largest absolute Gasteiger partial charge is 0.505 e. The van der Waals surface area contributed by atoms with Crippen molar-refractivity contribution in [3.05, 3.63) is 71.3 Å². The van der Waals surface area contributed by atoms with Gasteiger partial charge in [0.1, 0.15) is 41.8 Å². The second kappa shape index (κ2) is 12.3. The number of nitrogens with two attached hydrogens (primary N) is 1. The predicted octanol–water partition coefficient (Wildman–Crippen LogP) is 6.63. The first-order valence-electron chi connectivity index (χ1n) is 12.4. The normalized spacial score (nSPS) is 11.6. The first kappa shape index (κ1) is 27.5. The van der Waals surface area contributed by atoms with Crippen LogP contribution in [0, 0.1) is 20.8 Å². The van der Waals surface area contributed by atoms with Gasteiger partial charge in [-0.2, -0.15) is 5.11 Å². The third-order valence-corrected chi connectivity index (χ3v) is 5.78. The molecule has 202 valence electrons. The first-order valence-corrected chi connectivity index (χ1v) is 12.4. The van der Waals surface area contributed by atoms with E-state index < -0.39 is 0 Å². The molecule has 4 aromatic rings. The maximum atomic E-state index is 10.9. The van der Waals surface area contributed by atoms with E-state index in [1.807, 2.05) is 51.1 Å². The molecule has 0 unspecified atom stereocenters. The van der Waals surface area contributed by atoms with Gasteiger partial charge in [-0.1, -0.05) is 12.1 Å². The van der Waals surface area contributed by atoms with E-state index in [9.17, 15) is 15.3 Å². The molecule has 0 spiro atoms. The number of anilines is 1. The van der Waals surface area contributed by atoms with Crippen molar-refractivity contribution in [1.29, 1.82) is 0 Å². The number of azo groups is 2. The van der Waals surface area contributed by atoms with Crippen molar-refractivity contribution in [2.75, 3.05) is 32.2 Å². The third kappa shape index (κ3) is 6.67. The maximum Gasteiger partial charge on any atom is 0.151 e. The molecule has 0 amide bonds. The van der Waals surface area contributed by atoms with Crippen molar-refractivity contribution in [3.63, 3.8) is 0 Å². The van der Waals surface area contributed by atoms with E-state index in [1.54, 1.807) is 24.3 Å². The van der Waals surface area contributed by atoms with Crippen molar-refractivity contribution < 1.29 is 24.8 Å². The summed E-state index contributed by atoms with van der Waals surface area (Å²) in [5.74, 6) is 0.532. The molecule has 0 aliphatic heterocycles. The zero-order valence-electron chi connectivity index (χ0n) is 22.0. The highest BCUT2D eigenvalue weighted by Crippen LogP contribution is 2.43. The number of hydrogen-bond acceptors (Lipinski definition) is 10. The van der Waals surface area contributed by atoms with E-state index in [4.69, 9.17) is 15.2 Å². The summed E-state index contributed by atoms with van der Waals surface area (Å²) >= 11 is 0. The molecule has 0 heterocycles. The van der Waals surface area contributed by atoms with Crippen LogP contribution in [0.4, 0.5) is 28.4 Å². The van der Waals surface area contributed by atoms with Gasteiger partial charge in [-0.15, -0.1) is 15.3 Å². The summed E-state index contributed by atoms with van der Waals surface area (Å²) in [6.07, 6.45) is 0. The topological polar surface area (TPSA) is 155 Å². The molecular formula is C29H31N5O5. The summed E-state index contributed by atoms with van der Waals surface area (Å²) in [4.78, 5) is 0. The van der Waals surface area contributed by atoms with Crippen LogP contribution in [0.15, 0.2) is 75.1 Å². The molecule has 10 heteroatoms. The molecule has 0 radical (unpaired) electrons. The summed E-state index contributed by atoms with van der Waals surface area (Å²) in [5, 5.41) is 48.4. The highest BCUT2D eigenvalue weighted by molar-refractivity contribution is 5.95. The Morgan fingerprint density at radius 2 is 1.31 bits per heavy atom. The molecule has 0 bridgehead atoms. The fourth-order valence-corrected chi connectivity index (χ4v) is 4.11. The highest BCUT2D eigenvalue weighted by atomic mass is 16.5. The minimum Gasteiger partial charge on any atom is -0.505 e. The Labute approximate surface area is 226 Å². The van der Waals surface area contributed by atoms with Gasteiger partial charge in [0, 0.05) is 23.2 Å². The molecule has 0 saturated carbocycles. The second-order valence-electron chi connectivity index (χ2n) is 9.05. The fourth-order valence-electron chi connectivity index (χ4n) is 4.11. The van der Waals surface area contributed by atoms with Crippen LogP contribution in [0.3, 0.4) is 0 Å². The lowest BCUT2D eigenvalue weighted by Crippen LogP contribution is -2.04. The van der Waals surface area contributed by atoms with Crippen LogP contribution in [0.2, 0.25) is 0 Å². The molecular weight excluding hydrogens is 498 g/mol. The Morgan fingerprint density at radius 3 is 1.90 bits per heavy atom. The highest BCUT2D eigenvalue weighted by Gasteiger charge is 2.15. The zero-order chi connectivity index (χ0) is 27.9. The first-order chi connectivity index (χ1) is 18.8. The quantitative estimate of drug-likeness (QED) is 0.134. The number of nitrogens with zero attached hydrogens (tertiary/aromatic N) is 4. The second-order valence-corrected chi connectivity index (χ2v) is 9.05. The third-order valence-electron chi connectivity index (χ3n) is 5.78. The smallest absolute Gasteiger partial charge is 0.151 e. The van der Waals surface area contributed by atoms with Crippen molar-refractivity contribution in [1.82, 2.24) is 0 Å². The molecule has 0 aromatic heterocycles. The lowest BCUT2D eigenvalue weighted by molar-refractivity contribution is 0.198. The van der Waals surface area contributed by atoms with Crippen LogP contribution < -0.4 is 15.2 Å². The van der Waals surface area contributed by atoms with E-state index in [-0.39, 0.29) is 49.3 Å². The predicted molar refractivity (Wildman–Crippen MR) is 151 cm³/mol. The van der Waals surface area contributed by atoms with Crippen molar-refractivity contribution in [2.45, 2.75) is 20.8 Å². The Morgan fingerprint density at radius 1 is 0.718 bits per heavy atom. The van der Waals surface area contributed by atoms with Gasteiger partial charge < -0.3 is 30.5 Å². The number of rotatable bonds is 10. The maximum absolute atomic E-state index is 10.9. The van der Waals surface area contributed by atoms with Crippen LogP contribution >= 0.6 is 0 Å². The number of fused-ring (bicyclic) bond motifs is 1. The molecule has 0 aliphatic rings. The van der Waals surface area contributed by atoms with Crippen molar-refractivity contribution >= 4 is 39.2 Å². The Kier molecular flexibility index (Phi) is 8.70. The average Bonchev–Trinajstić information content (AvgIpc) is 2.90. The number of benzene rings is 4. The molecule has 4 rings (SSSR count). The molecule has 0 saturated heterocycles. The molecule has 0 fully saturated rings. The minimum absolute atomic E-state index is 0.00650. The number of aromatic hydroxyl groups is 1. The van der Waals surface area contributed by atoms with E-state index in [1.165, 1.54) is 0 Å². The molecule has 5 N–H and O–H groups in total. The van der Waals surface area contributed by atoms with Crippen molar-refractivity contribution in [2.24, 2.45) is 20.5 Å². The number of nitrogen functional groups attached to an aromatic ring is 1. The van der Waals surface area contributed by atoms with Gasteiger partial charge in [0.15, 0.2) is 5.75 Å². The number of ether oxygens (including phenoxy) is 2. The lowest BCUT2D eigenvalue weighted by Gasteiger charge is -2.13. The molecule has 0 aliphatic carbocycles. The zero-order valence-corrected chi connectivity index (χ0v) is 22.0. The van der Waals surface area contributed by atoms with Gasteiger partial charge >= 0.3 is 0 Å². The number of aliphatic hydroxyl groups is 2. The van der Waals surface area contributed by atoms with Gasteiger partial charge in [-0.05, 0) is 73.2 Å². The number of phenolic OH excluding ortho intramolecular Hbond substituents is 1. The molecule has 39 heavy (non-hydrogen) atoms. The number of aryl methyl sites for hydroxylation is 3. The Bertz CT molecular complexity index is 1530. The van der Waals surface area contributed by atoms with Gasteiger partial charge in [0.25, 0.3) is 0 Å². The molecule has 4 aromatic carbocycles. The van der Waals surface area contributed by atoms with Gasteiger partial charge in [0.2, 0.25) is 0 Å². The number of hydrogen-bond donors (Lipinski definition) is 4. The van der Waals surface area contributed by atoms with Gasteiger partial charge in [-0.25, -0.2) is 0 Å². The summed E-state index contributed by atoms with van der Waals surface area (Å²) < 4.78 is 11.4. The summed E-state index contributed by atoms with van der Waals surface area (Å²) in [6, 6.07) is 16.1. The van der Waals surface area contributed by atoms with Crippen LogP contribution in [-0.2, 0) is 0 Å². The number of aliphatic hydroxyl groups excluding tert-OH is 2. The Balaban J connectivity index is 1.78. The summed E-state index contributed by atoms with van der Waals surface area (Å²) in [6.45, 7) is 5.38. The van der Waals surface area contributed by atoms with E-state index >= 15 is 0 Å². The average molecular weight is 530 g/mol. The van der Waals surface area contributed by atoms with Crippen LogP contribution in [0.1, 0.15) is 16.7 Å².